The number of nitrogens with zero attached hydrogens (tertiary/aromatic N) is 1. The number of nitrogen functional groups attached to an aromatic ring is 1. The third-order valence-electron chi connectivity index (χ3n) is 3.21. The quantitative estimate of drug-likeness (QED) is 0.801. The van der Waals surface area contributed by atoms with Gasteiger partial charge in [0.05, 0.1) is 24.5 Å². The Bertz CT molecular complexity index is 461. The van der Waals surface area contributed by atoms with Crippen LogP contribution in [0.15, 0.2) is 18.2 Å². The van der Waals surface area contributed by atoms with Crippen molar-refractivity contribution in [2.45, 2.75) is 12.5 Å². The summed E-state index contributed by atoms with van der Waals surface area (Å²) in [6.45, 7) is 1.60. The summed E-state index contributed by atoms with van der Waals surface area (Å²) in [5, 5.41) is 2.62. The molecule has 1 heterocycles. The van der Waals surface area contributed by atoms with Crippen molar-refractivity contribution in [1.82, 2.24) is 4.90 Å². The van der Waals surface area contributed by atoms with Crippen LogP contribution >= 0.6 is 0 Å². The third-order valence-corrected chi connectivity index (χ3v) is 3.21. The van der Waals surface area contributed by atoms with E-state index in [1.807, 2.05) is 11.9 Å². The molecular formula is C13H18FN3O2. The molecule has 1 amide bonds. The Balaban J connectivity index is 1.91. The highest BCUT2D eigenvalue weighted by Gasteiger charge is 2.22. The largest absolute Gasteiger partial charge is 0.397 e. The molecule has 1 aliphatic rings. The van der Waals surface area contributed by atoms with Crippen LogP contribution in [0.5, 0.6) is 0 Å². The minimum Gasteiger partial charge on any atom is -0.397 e. The van der Waals surface area contributed by atoms with Crippen LogP contribution in [0.2, 0.25) is 0 Å². The molecule has 1 aliphatic heterocycles. The Hall–Kier alpha value is -1.66. The van der Waals surface area contributed by atoms with Crippen LogP contribution in [0.4, 0.5) is 15.8 Å². The van der Waals surface area contributed by atoms with Crippen LogP contribution in [0.1, 0.15) is 6.42 Å². The number of ether oxygens (including phenoxy) is 1. The Morgan fingerprint density at radius 2 is 2.42 bits per heavy atom. The van der Waals surface area contributed by atoms with Gasteiger partial charge < -0.3 is 15.8 Å². The highest BCUT2D eigenvalue weighted by Crippen LogP contribution is 2.19. The maximum absolute atomic E-state index is 13.1. The minimum atomic E-state index is -0.429. The average Bonchev–Trinajstić information content (AvgIpc) is 2.87. The van der Waals surface area contributed by atoms with Crippen LogP contribution in [0.3, 0.4) is 0 Å². The van der Waals surface area contributed by atoms with Gasteiger partial charge in [0, 0.05) is 12.6 Å². The number of hydrogen-bond donors (Lipinski definition) is 2. The normalized spacial score (nSPS) is 18.8. The van der Waals surface area contributed by atoms with Crippen LogP contribution in [-0.4, -0.2) is 43.7 Å². The fourth-order valence-corrected chi connectivity index (χ4v) is 2.05. The monoisotopic (exact) mass is 267 g/mol. The molecule has 6 heteroatoms. The van der Waals surface area contributed by atoms with E-state index in [-0.39, 0.29) is 18.5 Å². The van der Waals surface area contributed by atoms with Crippen molar-refractivity contribution in [3.8, 4) is 0 Å². The standard InChI is InChI=1S/C13H18FN3O2/c1-17(10-4-5-19-8-10)7-13(18)16-12-6-9(14)2-3-11(12)15/h2-3,6,10H,4-5,7-8,15H2,1H3,(H,16,18). The van der Waals surface area contributed by atoms with Crippen molar-refractivity contribution in [1.29, 1.82) is 0 Å². The van der Waals surface area contributed by atoms with Crippen LogP contribution in [0.25, 0.3) is 0 Å². The highest BCUT2D eigenvalue weighted by atomic mass is 19.1. The molecule has 2 rings (SSSR count). The molecule has 1 aromatic carbocycles. The molecular weight excluding hydrogens is 249 g/mol. The van der Waals surface area contributed by atoms with Gasteiger partial charge in [0.2, 0.25) is 5.91 Å². The molecule has 1 atom stereocenters. The van der Waals surface area contributed by atoms with Gasteiger partial charge in [0.1, 0.15) is 5.82 Å². The number of likely N-dealkylation sites (N-methyl/N-ethyl adjacent to an activating group) is 1. The van der Waals surface area contributed by atoms with E-state index in [9.17, 15) is 9.18 Å². The second-order valence-corrected chi connectivity index (χ2v) is 4.71. The molecule has 0 bridgehead atoms. The second kappa shape index (κ2) is 5.99. The summed E-state index contributed by atoms with van der Waals surface area (Å²) >= 11 is 0. The van der Waals surface area contributed by atoms with E-state index in [2.05, 4.69) is 5.32 Å². The van der Waals surface area contributed by atoms with Gasteiger partial charge >= 0.3 is 0 Å². The summed E-state index contributed by atoms with van der Waals surface area (Å²) in [5.41, 5.74) is 6.33. The van der Waals surface area contributed by atoms with Gasteiger partial charge in [-0.05, 0) is 31.7 Å². The molecule has 1 saturated heterocycles. The van der Waals surface area contributed by atoms with Crippen molar-refractivity contribution in [3.63, 3.8) is 0 Å². The van der Waals surface area contributed by atoms with Crippen molar-refractivity contribution >= 4 is 17.3 Å². The number of carbonyl (C=O) groups excluding carboxylic acids is 1. The fourth-order valence-electron chi connectivity index (χ4n) is 2.05. The molecule has 0 radical (unpaired) electrons. The predicted octanol–water partition coefficient (Wildman–Crippen LogP) is 1.07. The van der Waals surface area contributed by atoms with Gasteiger partial charge in [0.15, 0.2) is 0 Å². The first-order valence-corrected chi connectivity index (χ1v) is 6.19. The van der Waals surface area contributed by atoms with E-state index in [0.29, 0.717) is 18.0 Å². The number of benzene rings is 1. The minimum absolute atomic E-state index is 0.216. The number of halogens is 1. The number of anilines is 2. The second-order valence-electron chi connectivity index (χ2n) is 4.71. The van der Waals surface area contributed by atoms with Crippen molar-refractivity contribution in [2.24, 2.45) is 0 Å². The first-order valence-electron chi connectivity index (χ1n) is 6.19. The third kappa shape index (κ3) is 3.65. The zero-order valence-electron chi connectivity index (χ0n) is 10.9. The average molecular weight is 267 g/mol. The molecule has 0 aliphatic carbocycles. The molecule has 1 aromatic rings. The summed E-state index contributed by atoms with van der Waals surface area (Å²) in [4.78, 5) is 13.8. The number of carbonyl (C=O) groups is 1. The summed E-state index contributed by atoms with van der Waals surface area (Å²) in [7, 11) is 1.87. The lowest BCUT2D eigenvalue weighted by atomic mass is 10.2. The molecule has 0 aromatic heterocycles. The van der Waals surface area contributed by atoms with E-state index in [0.717, 1.165) is 13.0 Å². The Morgan fingerprint density at radius 3 is 3.11 bits per heavy atom. The molecule has 1 unspecified atom stereocenters. The van der Waals surface area contributed by atoms with Gasteiger partial charge in [-0.2, -0.15) is 0 Å². The highest BCUT2D eigenvalue weighted by molar-refractivity contribution is 5.95. The van der Waals surface area contributed by atoms with Crippen molar-refractivity contribution in [2.75, 3.05) is 37.9 Å². The number of hydrogen-bond acceptors (Lipinski definition) is 4. The van der Waals surface area contributed by atoms with Crippen LogP contribution in [-0.2, 0) is 9.53 Å². The summed E-state index contributed by atoms with van der Waals surface area (Å²) < 4.78 is 18.3. The Kier molecular flexibility index (Phi) is 4.34. The first kappa shape index (κ1) is 13.8. The van der Waals surface area contributed by atoms with Crippen LogP contribution in [0, 0.1) is 5.82 Å². The molecule has 0 saturated carbocycles. The van der Waals surface area contributed by atoms with Gasteiger partial charge in [-0.25, -0.2) is 4.39 Å². The van der Waals surface area contributed by atoms with E-state index in [1.54, 1.807) is 0 Å². The van der Waals surface area contributed by atoms with E-state index in [1.165, 1.54) is 18.2 Å². The predicted molar refractivity (Wildman–Crippen MR) is 71.3 cm³/mol. The molecule has 0 spiro atoms. The number of amides is 1. The number of nitrogens with two attached hydrogens (primary N) is 1. The van der Waals surface area contributed by atoms with Gasteiger partial charge in [0.25, 0.3) is 0 Å². The lowest BCUT2D eigenvalue weighted by Gasteiger charge is -2.22. The molecule has 104 valence electrons. The van der Waals surface area contributed by atoms with E-state index in [4.69, 9.17) is 10.5 Å². The lowest BCUT2D eigenvalue weighted by Crippen LogP contribution is -2.38. The first-order chi connectivity index (χ1) is 9.06. The van der Waals surface area contributed by atoms with Gasteiger partial charge in [-0.3, -0.25) is 9.69 Å². The fraction of sp³-hybridized carbons (Fsp3) is 0.462. The Morgan fingerprint density at radius 1 is 1.63 bits per heavy atom. The molecule has 5 nitrogen and oxygen atoms in total. The molecule has 3 N–H and O–H groups in total. The van der Waals surface area contributed by atoms with E-state index >= 15 is 0 Å². The number of nitrogens with one attached hydrogen (secondary N) is 1. The lowest BCUT2D eigenvalue weighted by molar-refractivity contribution is -0.117. The van der Waals surface area contributed by atoms with Gasteiger partial charge in [-0.1, -0.05) is 0 Å². The summed E-state index contributed by atoms with van der Waals surface area (Å²) in [5.74, 6) is -0.645. The summed E-state index contributed by atoms with van der Waals surface area (Å²) in [6, 6.07) is 4.16. The smallest absolute Gasteiger partial charge is 0.238 e. The topological polar surface area (TPSA) is 67.6 Å². The SMILES string of the molecule is CN(CC(=O)Nc1cc(F)ccc1N)C1CCOC1. The molecule has 19 heavy (non-hydrogen) atoms. The molecule has 1 fully saturated rings. The Labute approximate surface area is 111 Å². The van der Waals surface area contributed by atoms with Crippen molar-refractivity contribution < 1.29 is 13.9 Å². The van der Waals surface area contributed by atoms with Crippen LogP contribution < -0.4 is 11.1 Å². The number of rotatable bonds is 4. The van der Waals surface area contributed by atoms with E-state index < -0.39 is 5.82 Å². The van der Waals surface area contributed by atoms with Gasteiger partial charge in [-0.15, -0.1) is 0 Å². The van der Waals surface area contributed by atoms with Crippen molar-refractivity contribution in [3.05, 3.63) is 24.0 Å². The zero-order valence-corrected chi connectivity index (χ0v) is 10.9. The maximum atomic E-state index is 13.1. The zero-order chi connectivity index (χ0) is 13.8. The summed E-state index contributed by atoms with van der Waals surface area (Å²) in [6.07, 6.45) is 0.923. The maximum Gasteiger partial charge on any atom is 0.238 e.